The van der Waals surface area contributed by atoms with Crippen molar-refractivity contribution in [1.82, 2.24) is 14.8 Å². The first-order valence-electron chi connectivity index (χ1n) is 10.1. The van der Waals surface area contributed by atoms with E-state index in [1.54, 1.807) is 59.4 Å². The number of urea groups is 1. The van der Waals surface area contributed by atoms with E-state index in [4.69, 9.17) is 5.73 Å². The van der Waals surface area contributed by atoms with Crippen LogP contribution in [-0.4, -0.2) is 33.8 Å². The van der Waals surface area contributed by atoms with Crippen molar-refractivity contribution in [2.75, 3.05) is 17.3 Å². The normalized spacial score (nSPS) is 10.6. The highest BCUT2D eigenvalue weighted by Gasteiger charge is 2.18. The third-order valence-electron chi connectivity index (χ3n) is 4.86. The topological polar surface area (TPSA) is 106 Å². The van der Waals surface area contributed by atoms with Crippen molar-refractivity contribution in [3.8, 4) is 5.69 Å². The van der Waals surface area contributed by atoms with Crippen molar-refractivity contribution in [1.29, 1.82) is 0 Å². The maximum absolute atomic E-state index is 13.2. The van der Waals surface area contributed by atoms with Gasteiger partial charge in [-0.3, -0.25) is 9.69 Å². The number of aromatic nitrogens is 3. The van der Waals surface area contributed by atoms with Crippen LogP contribution in [0.4, 0.5) is 16.3 Å². The lowest BCUT2D eigenvalue weighted by molar-refractivity contribution is 0.0991. The van der Waals surface area contributed by atoms with Crippen molar-refractivity contribution in [3.05, 3.63) is 90.3 Å². The molecule has 0 aliphatic heterocycles. The number of hydrogen-bond donors (Lipinski definition) is 2. The second-order valence-corrected chi connectivity index (χ2v) is 8.40. The Morgan fingerprint density at radius 3 is 2.58 bits per heavy atom. The average Bonchev–Trinajstić information content (AvgIpc) is 3.28. The number of anilines is 2. The van der Waals surface area contributed by atoms with Crippen molar-refractivity contribution in [2.45, 2.75) is 16.8 Å². The summed E-state index contributed by atoms with van der Waals surface area (Å²) in [6.45, 7) is 2.02. The third kappa shape index (κ3) is 5.21. The fraction of sp³-hybridized carbons (Fsp3) is 0.0833. The average molecular weight is 459 g/mol. The quantitative estimate of drug-likeness (QED) is 0.443. The number of aryl methyl sites for hydroxylation is 1. The Labute approximate surface area is 195 Å². The van der Waals surface area contributed by atoms with Gasteiger partial charge in [0.2, 0.25) is 0 Å². The molecule has 0 aliphatic carbocycles. The summed E-state index contributed by atoms with van der Waals surface area (Å²) in [6.07, 6.45) is 3.27. The number of hydrogen-bond acceptors (Lipinski definition) is 5. The lowest BCUT2D eigenvalue weighted by Crippen LogP contribution is -2.28. The molecule has 33 heavy (non-hydrogen) atoms. The molecule has 4 rings (SSSR count). The minimum absolute atomic E-state index is 0.183. The summed E-state index contributed by atoms with van der Waals surface area (Å²) in [5.74, 6) is 0.470. The summed E-state index contributed by atoms with van der Waals surface area (Å²) in [7, 11) is 1.72. The summed E-state index contributed by atoms with van der Waals surface area (Å²) < 4.78 is 1.73. The van der Waals surface area contributed by atoms with Crippen LogP contribution in [0.15, 0.2) is 89.0 Å². The molecule has 3 amide bonds. The van der Waals surface area contributed by atoms with Gasteiger partial charge in [-0.2, -0.15) is 5.10 Å². The molecule has 0 spiro atoms. The molecule has 0 bridgehead atoms. The van der Waals surface area contributed by atoms with Crippen LogP contribution in [0.2, 0.25) is 0 Å². The summed E-state index contributed by atoms with van der Waals surface area (Å²) in [6, 6.07) is 19.8. The molecule has 9 heteroatoms. The first kappa shape index (κ1) is 22.1. The highest BCUT2D eigenvalue weighted by atomic mass is 32.2. The van der Waals surface area contributed by atoms with E-state index in [-0.39, 0.29) is 5.91 Å². The zero-order valence-corrected chi connectivity index (χ0v) is 18.9. The van der Waals surface area contributed by atoms with Crippen LogP contribution < -0.4 is 16.0 Å². The molecule has 2 heterocycles. The van der Waals surface area contributed by atoms with Gasteiger partial charge in [-0.05, 0) is 49.4 Å². The molecule has 0 aliphatic rings. The van der Waals surface area contributed by atoms with Crippen molar-refractivity contribution < 1.29 is 9.59 Å². The van der Waals surface area contributed by atoms with Crippen LogP contribution in [0.5, 0.6) is 0 Å². The number of primary amides is 1. The first-order chi connectivity index (χ1) is 15.9. The van der Waals surface area contributed by atoms with Crippen LogP contribution in [0.1, 0.15) is 15.9 Å². The second-order valence-electron chi connectivity index (χ2n) is 7.30. The maximum atomic E-state index is 13.2. The van der Waals surface area contributed by atoms with E-state index in [0.717, 1.165) is 16.1 Å². The highest BCUT2D eigenvalue weighted by Crippen LogP contribution is 2.29. The van der Waals surface area contributed by atoms with Gasteiger partial charge in [-0.15, -0.1) is 0 Å². The van der Waals surface area contributed by atoms with Gasteiger partial charge in [0, 0.05) is 35.5 Å². The van der Waals surface area contributed by atoms with Gasteiger partial charge in [0.15, 0.2) is 0 Å². The molecular weight excluding hydrogens is 436 g/mol. The van der Waals surface area contributed by atoms with Crippen molar-refractivity contribution >= 4 is 35.2 Å². The monoisotopic (exact) mass is 458 g/mol. The molecular formula is C24H22N6O2S. The first-order valence-corrected chi connectivity index (χ1v) is 10.9. The molecule has 0 unspecified atom stereocenters. The largest absolute Gasteiger partial charge is 0.351 e. The third-order valence-corrected chi connectivity index (χ3v) is 5.78. The predicted octanol–water partition coefficient (Wildman–Crippen LogP) is 4.49. The SMILES string of the molecule is Cc1ccc(-n2nccc2N(C)C(=O)c2ccnc(Sc3cccc(NC(N)=O)c3)c2)cc1. The minimum Gasteiger partial charge on any atom is -0.351 e. The number of carbonyl (C=O) groups is 2. The molecule has 2 aromatic heterocycles. The van der Waals surface area contributed by atoms with Gasteiger partial charge in [0.25, 0.3) is 5.91 Å². The van der Waals surface area contributed by atoms with Crippen molar-refractivity contribution in [3.63, 3.8) is 0 Å². The Bertz CT molecular complexity index is 1300. The molecule has 2 aromatic carbocycles. The Balaban J connectivity index is 1.55. The van der Waals surface area contributed by atoms with Gasteiger partial charge < -0.3 is 11.1 Å². The Kier molecular flexibility index (Phi) is 6.41. The van der Waals surface area contributed by atoms with Crippen LogP contribution in [-0.2, 0) is 0 Å². The molecule has 3 N–H and O–H groups in total. The number of nitrogens with one attached hydrogen (secondary N) is 1. The number of nitrogens with two attached hydrogens (primary N) is 1. The van der Waals surface area contributed by atoms with Gasteiger partial charge in [0.1, 0.15) is 10.8 Å². The summed E-state index contributed by atoms with van der Waals surface area (Å²) in [5, 5.41) is 7.58. The van der Waals surface area contributed by atoms with E-state index in [9.17, 15) is 9.59 Å². The minimum atomic E-state index is -0.629. The highest BCUT2D eigenvalue weighted by molar-refractivity contribution is 7.99. The number of pyridine rings is 1. The molecule has 0 fully saturated rings. The van der Waals surface area contributed by atoms with Gasteiger partial charge in [-0.1, -0.05) is 35.5 Å². The lowest BCUT2D eigenvalue weighted by Gasteiger charge is -2.19. The molecule has 8 nitrogen and oxygen atoms in total. The number of benzene rings is 2. The second kappa shape index (κ2) is 9.58. The number of nitrogens with zero attached hydrogens (tertiary/aromatic N) is 4. The standard InChI is InChI=1S/C24H22N6O2S/c1-16-6-8-19(9-7-16)30-22(11-13-27-30)29(2)23(31)17-10-12-26-21(14-17)33-20-5-3-4-18(15-20)28-24(25)32/h3-15H,1-2H3,(H3,25,28,32). The fourth-order valence-electron chi connectivity index (χ4n) is 3.23. The van der Waals surface area contributed by atoms with Crippen LogP contribution in [0, 0.1) is 6.92 Å². The van der Waals surface area contributed by atoms with Crippen LogP contribution in [0.3, 0.4) is 0 Å². The van der Waals surface area contributed by atoms with E-state index in [2.05, 4.69) is 15.4 Å². The fourth-order valence-corrected chi connectivity index (χ4v) is 4.10. The predicted molar refractivity (Wildman–Crippen MR) is 129 cm³/mol. The van der Waals surface area contributed by atoms with E-state index < -0.39 is 6.03 Å². The van der Waals surface area contributed by atoms with Gasteiger partial charge in [0.05, 0.1) is 11.9 Å². The summed E-state index contributed by atoms with van der Waals surface area (Å²) >= 11 is 1.38. The summed E-state index contributed by atoms with van der Waals surface area (Å²) in [5.41, 5.74) is 8.29. The number of amides is 3. The van der Waals surface area contributed by atoms with E-state index in [1.807, 2.05) is 43.3 Å². The van der Waals surface area contributed by atoms with Crippen LogP contribution >= 0.6 is 11.8 Å². The molecule has 0 atom stereocenters. The smallest absolute Gasteiger partial charge is 0.316 e. The Morgan fingerprint density at radius 2 is 1.82 bits per heavy atom. The Hall–Kier alpha value is -4.11. The molecule has 4 aromatic rings. The number of rotatable bonds is 6. The zero-order chi connectivity index (χ0) is 23.4. The zero-order valence-electron chi connectivity index (χ0n) is 18.1. The molecule has 0 saturated carbocycles. The maximum Gasteiger partial charge on any atom is 0.316 e. The summed E-state index contributed by atoms with van der Waals surface area (Å²) in [4.78, 5) is 31.1. The van der Waals surface area contributed by atoms with E-state index >= 15 is 0 Å². The molecule has 166 valence electrons. The van der Waals surface area contributed by atoms with E-state index in [0.29, 0.717) is 22.1 Å². The van der Waals surface area contributed by atoms with Crippen molar-refractivity contribution in [2.24, 2.45) is 5.73 Å². The molecule has 0 saturated heterocycles. The van der Waals surface area contributed by atoms with Gasteiger partial charge >= 0.3 is 6.03 Å². The molecule has 0 radical (unpaired) electrons. The lowest BCUT2D eigenvalue weighted by atomic mass is 10.2. The van der Waals surface area contributed by atoms with Crippen LogP contribution in [0.25, 0.3) is 5.69 Å². The van der Waals surface area contributed by atoms with E-state index in [1.165, 1.54) is 11.8 Å². The Morgan fingerprint density at radius 1 is 1.03 bits per heavy atom. The number of carbonyl (C=O) groups excluding carboxylic acids is 2. The van der Waals surface area contributed by atoms with Gasteiger partial charge in [-0.25, -0.2) is 14.5 Å².